The molecule has 0 unspecified atom stereocenters. The van der Waals surface area contributed by atoms with Gasteiger partial charge in [-0.05, 0) is 30.3 Å². The summed E-state index contributed by atoms with van der Waals surface area (Å²) >= 11 is 0. The highest BCUT2D eigenvalue weighted by Gasteiger charge is 2.13. The second-order valence-corrected chi connectivity index (χ2v) is 5.62. The molecule has 0 aliphatic heterocycles. The lowest BCUT2D eigenvalue weighted by Crippen LogP contribution is -2.25. The Kier molecular flexibility index (Phi) is 4.70. The number of H-pyrrole nitrogens is 1. The zero-order valence-electron chi connectivity index (χ0n) is 14.3. The molecule has 0 aliphatic carbocycles. The predicted molar refractivity (Wildman–Crippen MR) is 99.8 cm³/mol. The smallest absolute Gasteiger partial charge is 0.413 e. The van der Waals surface area contributed by atoms with Crippen LogP contribution in [0.2, 0.25) is 0 Å². The van der Waals surface area contributed by atoms with Crippen LogP contribution >= 0.6 is 0 Å². The normalized spacial score (nSPS) is 10.4. The van der Waals surface area contributed by atoms with Crippen LogP contribution in [0.1, 0.15) is 10.4 Å². The Balaban J connectivity index is 1.85. The molecular weight excluding hydrogens is 334 g/mol. The molecule has 132 valence electrons. The molecule has 7 heteroatoms. The standard InChI is InChI=1S/C19H17N3O4/c1-22(19(25)26-2)13-9-7-12(8-10-13)20-18(24)15-11-17(23)21-16-6-4-3-5-14(15)16/h3-11H,1-2H3,(H,20,24)(H,21,23). The van der Waals surface area contributed by atoms with Gasteiger partial charge in [0.2, 0.25) is 5.56 Å². The number of para-hydroxylation sites is 1. The Bertz CT molecular complexity index is 1020. The fourth-order valence-electron chi connectivity index (χ4n) is 2.60. The number of pyridine rings is 1. The van der Waals surface area contributed by atoms with Gasteiger partial charge in [0.25, 0.3) is 5.91 Å². The topological polar surface area (TPSA) is 91.5 Å². The molecule has 2 N–H and O–H groups in total. The van der Waals surface area contributed by atoms with Gasteiger partial charge in [-0.15, -0.1) is 0 Å². The highest BCUT2D eigenvalue weighted by molar-refractivity contribution is 6.12. The minimum Gasteiger partial charge on any atom is -0.452 e. The molecule has 3 rings (SSSR count). The summed E-state index contributed by atoms with van der Waals surface area (Å²) in [4.78, 5) is 40.0. The molecule has 1 heterocycles. The number of amides is 2. The minimum absolute atomic E-state index is 0.292. The first kappa shape index (κ1) is 17.2. The van der Waals surface area contributed by atoms with Crippen LogP contribution < -0.4 is 15.8 Å². The summed E-state index contributed by atoms with van der Waals surface area (Å²) < 4.78 is 4.66. The number of carbonyl (C=O) groups excluding carboxylic acids is 2. The summed E-state index contributed by atoms with van der Waals surface area (Å²) in [5.74, 6) is -0.388. The second kappa shape index (κ2) is 7.10. The molecule has 1 aromatic heterocycles. The van der Waals surface area contributed by atoms with Crippen molar-refractivity contribution in [3.05, 3.63) is 70.5 Å². The lowest BCUT2D eigenvalue weighted by molar-refractivity contribution is 0.102. The van der Waals surface area contributed by atoms with E-state index in [2.05, 4.69) is 15.0 Å². The average Bonchev–Trinajstić information content (AvgIpc) is 2.66. The number of ether oxygens (including phenoxy) is 1. The van der Waals surface area contributed by atoms with Crippen LogP contribution in [-0.4, -0.2) is 31.1 Å². The van der Waals surface area contributed by atoms with E-state index in [0.29, 0.717) is 27.8 Å². The van der Waals surface area contributed by atoms with Crippen molar-refractivity contribution in [3.8, 4) is 0 Å². The van der Waals surface area contributed by atoms with Crippen LogP contribution in [0.15, 0.2) is 59.4 Å². The van der Waals surface area contributed by atoms with Gasteiger partial charge in [-0.25, -0.2) is 4.79 Å². The highest BCUT2D eigenvalue weighted by Crippen LogP contribution is 2.20. The predicted octanol–water partition coefficient (Wildman–Crippen LogP) is 2.98. The van der Waals surface area contributed by atoms with Gasteiger partial charge in [0, 0.05) is 35.4 Å². The number of aromatic nitrogens is 1. The number of hydrogen-bond acceptors (Lipinski definition) is 4. The number of anilines is 2. The van der Waals surface area contributed by atoms with Crippen molar-refractivity contribution in [2.24, 2.45) is 0 Å². The van der Waals surface area contributed by atoms with Crippen molar-refractivity contribution in [1.29, 1.82) is 0 Å². The van der Waals surface area contributed by atoms with Crippen molar-refractivity contribution < 1.29 is 14.3 Å². The van der Waals surface area contributed by atoms with Crippen molar-refractivity contribution in [3.63, 3.8) is 0 Å². The third kappa shape index (κ3) is 3.41. The van der Waals surface area contributed by atoms with Crippen LogP contribution in [0, 0.1) is 0 Å². The first-order valence-electron chi connectivity index (χ1n) is 7.85. The largest absolute Gasteiger partial charge is 0.452 e. The molecular formula is C19H17N3O4. The third-order valence-electron chi connectivity index (χ3n) is 3.96. The lowest BCUT2D eigenvalue weighted by atomic mass is 10.1. The molecule has 0 aliphatic rings. The number of nitrogens with zero attached hydrogens (tertiary/aromatic N) is 1. The van der Waals surface area contributed by atoms with E-state index in [9.17, 15) is 14.4 Å². The fourth-order valence-corrected chi connectivity index (χ4v) is 2.60. The molecule has 2 aromatic carbocycles. The molecule has 0 radical (unpaired) electrons. The van der Waals surface area contributed by atoms with Crippen molar-refractivity contribution in [1.82, 2.24) is 4.98 Å². The van der Waals surface area contributed by atoms with Crippen LogP contribution in [0.4, 0.5) is 16.2 Å². The first-order valence-corrected chi connectivity index (χ1v) is 7.85. The van der Waals surface area contributed by atoms with E-state index in [4.69, 9.17) is 0 Å². The lowest BCUT2D eigenvalue weighted by Gasteiger charge is -2.16. The summed E-state index contributed by atoms with van der Waals surface area (Å²) in [6, 6.07) is 15.1. The number of rotatable bonds is 3. The van der Waals surface area contributed by atoms with Crippen molar-refractivity contribution >= 4 is 34.3 Å². The zero-order chi connectivity index (χ0) is 18.7. The van der Waals surface area contributed by atoms with E-state index in [1.54, 1.807) is 55.6 Å². The fraction of sp³-hybridized carbons (Fsp3) is 0.105. The Morgan fingerprint density at radius 1 is 1.08 bits per heavy atom. The first-order chi connectivity index (χ1) is 12.5. The number of nitrogens with one attached hydrogen (secondary N) is 2. The van der Waals surface area contributed by atoms with E-state index < -0.39 is 6.09 Å². The quantitative estimate of drug-likeness (QED) is 0.759. The number of benzene rings is 2. The molecule has 3 aromatic rings. The number of hydrogen-bond donors (Lipinski definition) is 2. The maximum absolute atomic E-state index is 12.6. The Morgan fingerprint density at radius 3 is 2.46 bits per heavy atom. The van der Waals surface area contributed by atoms with Crippen LogP contribution in [0.3, 0.4) is 0 Å². The second-order valence-electron chi connectivity index (χ2n) is 5.62. The number of carbonyl (C=O) groups is 2. The summed E-state index contributed by atoms with van der Waals surface area (Å²) in [6.45, 7) is 0. The monoisotopic (exact) mass is 351 g/mol. The average molecular weight is 351 g/mol. The summed E-state index contributed by atoms with van der Waals surface area (Å²) in [5, 5.41) is 3.42. The van der Waals surface area contributed by atoms with Gasteiger partial charge >= 0.3 is 6.09 Å². The Labute approximate surface area is 149 Å². The summed E-state index contributed by atoms with van der Waals surface area (Å²) in [6.07, 6.45) is -0.489. The number of methoxy groups -OCH3 is 1. The van der Waals surface area contributed by atoms with Crippen molar-refractivity contribution in [2.45, 2.75) is 0 Å². The molecule has 7 nitrogen and oxygen atoms in total. The van der Waals surface area contributed by atoms with Gasteiger partial charge in [0.05, 0.1) is 12.7 Å². The molecule has 0 fully saturated rings. The number of aromatic amines is 1. The highest BCUT2D eigenvalue weighted by atomic mass is 16.5. The molecule has 0 atom stereocenters. The summed E-state index contributed by atoms with van der Waals surface area (Å²) in [7, 11) is 2.89. The van der Waals surface area contributed by atoms with E-state index in [0.717, 1.165) is 0 Å². The molecule has 0 spiro atoms. The van der Waals surface area contributed by atoms with Crippen LogP contribution in [0.25, 0.3) is 10.9 Å². The van der Waals surface area contributed by atoms with Crippen LogP contribution in [-0.2, 0) is 4.74 Å². The van der Waals surface area contributed by atoms with Crippen LogP contribution in [0.5, 0.6) is 0 Å². The Morgan fingerprint density at radius 2 is 1.77 bits per heavy atom. The summed E-state index contributed by atoms with van der Waals surface area (Å²) in [5.41, 5.74) is 1.71. The van der Waals surface area contributed by atoms with Gasteiger partial charge in [-0.1, -0.05) is 18.2 Å². The van der Waals surface area contributed by atoms with E-state index >= 15 is 0 Å². The Hall–Kier alpha value is -3.61. The van der Waals surface area contributed by atoms with Gasteiger partial charge < -0.3 is 15.0 Å². The molecule has 0 saturated carbocycles. The maximum atomic E-state index is 12.6. The molecule has 26 heavy (non-hydrogen) atoms. The molecule has 2 amide bonds. The maximum Gasteiger partial charge on any atom is 0.413 e. The zero-order valence-corrected chi connectivity index (χ0v) is 14.3. The van der Waals surface area contributed by atoms with E-state index in [1.165, 1.54) is 18.1 Å². The van der Waals surface area contributed by atoms with Gasteiger partial charge in [0.1, 0.15) is 0 Å². The van der Waals surface area contributed by atoms with E-state index in [-0.39, 0.29) is 11.5 Å². The van der Waals surface area contributed by atoms with Gasteiger partial charge in [0.15, 0.2) is 0 Å². The van der Waals surface area contributed by atoms with Crippen molar-refractivity contribution in [2.75, 3.05) is 24.4 Å². The molecule has 0 bridgehead atoms. The SMILES string of the molecule is COC(=O)N(C)c1ccc(NC(=O)c2cc(=O)[nH]c3ccccc23)cc1. The van der Waals surface area contributed by atoms with Gasteiger partial charge in [-0.3, -0.25) is 14.5 Å². The molecule has 0 saturated heterocycles. The third-order valence-corrected chi connectivity index (χ3v) is 3.96. The number of fused-ring (bicyclic) bond motifs is 1. The van der Waals surface area contributed by atoms with Gasteiger partial charge in [-0.2, -0.15) is 0 Å². The van der Waals surface area contributed by atoms with E-state index in [1.807, 2.05) is 0 Å². The minimum atomic E-state index is -0.489.